The molecule has 1 aromatic rings. The zero-order valence-electron chi connectivity index (χ0n) is 12.6. The summed E-state index contributed by atoms with van der Waals surface area (Å²) in [7, 11) is 0. The molecule has 2 aliphatic rings. The molecule has 0 radical (unpaired) electrons. The summed E-state index contributed by atoms with van der Waals surface area (Å²) in [5.41, 5.74) is 1.25. The smallest absolute Gasteiger partial charge is 0.250 e. The fourth-order valence-corrected chi connectivity index (χ4v) is 3.86. The zero-order chi connectivity index (χ0) is 14.3. The third-order valence-corrected chi connectivity index (χ3v) is 4.98. The summed E-state index contributed by atoms with van der Waals surface area (Å²) in [6.07, 6.45) is 4.70. The second-order valence-corrected chi connectivity index (χ2v) is 6.58. The monoisotopic (exact) mass is 276 g/mol. The molecule has 20 heavy (non-hydrogen) atoms. The first kappa shape index (κ1) is 13.7. The number of aromatic nitrogens is 1. The highest BCUT2D eigenvalue weighted by Crippen LogP contribution is 2.52. The van der Waals surface area contributed by atoms with Crippen molar-refractivity contribution in [2.24, 2.45) is 11.3 Å². The number of fused-ring (bicyclic) bond motifs is 1. The van der Waals surface area contributed by atoms with Gasteiger partial charge in [-0.1, -0.05) is 13.8 Å². The van der Waals surface area contributed by atoms with Crippen molar-refractivity contribution in [2.75, 3.05) is 11.9 Å². The molecule has 3 rings (SSSR count). The Morgan fingerprint density at radius 1 is 1.45 bits per heavy atom. The van der Waals surface area contributed by atoms with Crippen LogP contribution in [0.5, 0.6) is 0 Å². The highest BCUT2D eigenvalue weighted by Gasteiger charge is 2.57. The minimum Gasteiger partial charge on any atom is -0.380 e. The molecule has 0 aromatic carbocycles. The van der Waals surface area contributed by atoms with Gasteiger partial charge in [0, 0.05) is 42.8 Å². The number of nitrogens with zero attached hydrogens (tertiary/aromatic N) is 1. The van der Waals surface area contributed by atoms with Gasteiger partial charge in [-0.05, 0) is 25.8 Å². The Bertz CT molecular complexity index is 550. The molecule has 0 amide bonds. The Morgan fingerprint density at radius 2 is 2.25 bits per heavy atom. The van der Waals surface area contributed by atoms with Crippen molar-refractivity contribution < 1.29 is 4.74 Å². The summed E-state index contributed by atoms with van der Waals surface area (Å²) in [6, 6.07) is 3.96. The SMILES string of the molecule is CCn1cc(NC2C3CCCOC3C2(C)C)ccc1=O. The lowest BCUT2D eigenvalue weighted by molar-refractivity contribution is -0.177. The molecule has 1 aliphatic heterocycles. The third kappa shape index (κ3) is 2.06. The van der Waals surface area contributed by atoms with Gasteiger partial charge in [0.15, 0.2) is 0 Å². The fourth-order valence-electron chi connectivity index (χ4n) is 3.86. The minimum atomic E-state index is 0.0600. The molecular formula is C16H24N2O2. The first-order valence-electron chi connectivity index (χ1n) is 7.62. The second-order valence-electron chi connectivity index (χ2n) is 6.58. The Labute approximate surface area is 120 Å². The predicted octanol–water partition coefficient (Wildman–Crippen LogP) is 2.48. The Morgan fingerprint density at radius 3 is 3.00 bits per heavy atom. The number of anilines is 1. The molecule has 1 N–H and O–H groups in total. The molecule has 110 valence electrons. The van der Waals surface area contributed by atoms with Gasteiger partial charge < -0.3 is 14.6 Å². The molecule has 3 unspecified atom stereocenters. The molecule has 0 spiro atoms. The number of hydrogen-bond acceptors (Lipinski definition) is 3. The van der Waals surface area contributed by atoms with Crippen LogP contribution in [0, 0.1) is 11.3 Å². The van der Waals surface area contributed by atoms with E-state index in [9.17, 15) is 4.79 Å². The first-order chi connectivity index (χ1) is 9.54. The fraction of sp³-hybridized carbons (Fsp3) is 0.688. The van der Waals surface area contributed by atoms with Crippen molar-refractivity contribution in [1.82, 2.24) is 4.57 Å². The molecule has 3 atom stereocenters. The van der Waals surface area contributed by atoms with Crippen molar-refractivity contribution in [3.05, 3.63) is 28.7 Å². The van der Waals surface area contributed by atoms with E-state index in [4.69, 9.17) is 4.74 Å². The summed E-state index contributed by atoms with van der Waals surface area (Å²) >= 11 is 0. The standard InChI is InChI=1S/C16H24N2O2/c1-4-18-10-11(7-8-13(18)19)17-14-12-6-5-9-20-15(12)16(14,2)3/h7-8,10,12,14-15,17H,4-6,9H2,1-3H3. The average molecular weight is 276 g/mol. The minimum absolute atomic E-state index is 0.0600. The molecule has 2 fully saturated rings. The van der Waals surface area contributed by atoms with Crippen LogP contribution in [0.1, 0.15) is 33.6 Å². The number of pyridine rings is 1. The van der Waals surface area contributed by atoms with Gasteiger partial charge in [-0.2, -0.15) is 0 Å². The van der Waals surface area contributed by atoms with Gasteiger partial charge in [-0.15, -0.1) is 0 Å². The zero-order valence-corrected chi connectivity index (χ0v) is 12.6. The highest BCUT2D eigenvalue weighted by atomic mass is 16.5. The Kier molecular flexibility index (Phi) is 3.36. The van der Waals surface area contributed by atoms with E-state index >= 15 is 0 Å². The van der Waals surface area contributed by atoms with E-state index in [0.717, 1.165) is 18.7 Å². The van der Waals surface area contributed by atoms with Gasteiger partial charge in [0.05, 0.1) is 11.8 Å². The summed E-state index contributed by atoms with van der Waals surface area (Å²) in [6.45, 7) is 8.14. The number of nitrogens with one attached hydrogen (secondary N) is 1. The number of rotatable bonds is 3. The summed E-state index contributed by atoms with van der Waals surface area (Å²) in [5.74, 6) is 0.598. The quantitative estimate of drug-likeness (QED) is 0.922. The number of ether oxygens (including phenoxy) is 1. The van der Waals surface area contributed by atoms with Gasteiger partial charge in [-0.3, -0.25) is 4.79 Å². The maximum Gasteiger partial charge on any atom is 0.250 e. The second kappa shape index (κ2) is 4.92. The van der Waals surface area contributed by atoms with Gasteiger partial charge in [0.25, 0.3) is 5.56 Å². The lowest BCUT2D eigenvalue weighted by Crippen LogP contribution is -2.67. The van der Waals surface area contributed by atoms with Crippen molar-refractivity contribution in [3.8, 4) is 0 Å². The molecular weight excluding hydrogens is 252 g/mol. The third-order valence-electron chi connectivity index (χ3n) is 4.98. The molecule has 1 aromatic heterocycles. The van der Waals surface area contributed by atoms with E-state index in [-0.39, 0.29) is 11.0 Å². The normalized spacial score (nSPS) is 31.2. The maximum atomic E-state index is 11.6. The topological polar surface area (TPSA) is 43.3 Å². The van der Waals surface area contributed by atoms with Crippen molar-refractivity contribution in [3.63, 3.8) is 0 Å². The molecule has 1 aliphatic carbocycles. The van der Waals surface area contributed by atoms with E-state index in [1.165, 1.54) is 6.42 Å². The lowest BCUT2D eigenvalue weighted by atomic mass is 9.55. The summed E-state index contributed by atoms with van der Waals surface area (Å²) in [5, 5.41) is 3.63. The van der Waals surface area contributed by atoms with Crippen molar-refractivity contribution in [1.29, 1.82) is 0 Å². The van der Waals surface area contributed by atoms with E-state index < -0.39 is 0 Å². The molecule has 0 bridgehead atoms. The summed E-state index contributed by atoms with van der Waals surface area (Å²) in [4.78, 5) is 11.6. The first-order valence-corrected chi connectivity index (χ1v) is 7.62. The molecule has 1 saturated heterocycles. The van der Waals surface area contributed by atoms with Crippen molar-refractivity contribution in [2.45, 2.75) is 52.3 Å². The maximum absolute atomic E-state index is 11.6. The van der Waals surface area contributed by atoms with Crippen LogP contribution in [-0.2, 0) is 11.3 Å². The number of aryl methyl sites for hydroxylation is 1. The predicted molar refractivity (Wildman–Crippen MR) is 80.0 cm³/mol. The average Bonchev–Trinajstić information content (AvgIpc) is 2.46. The van der Waals surface area contributed by atoms with E-state index in [2.05, 4.69) is 19.2 Å². The number of hydrogen-bond donors (Lipinski definition) is 1. The van der Waals surface area contributed by atoms with Crippen molar-refractivity contribution >= 4 is 5.69 Å². The van der Waals surface area contributed by atoms with Crippen LogP contribution in [0.15, 0.2) is 23.1 Å². The van der Waals surface area contributed by atoms with Gasteiger partial charge in [-0.25, -0.2) is 0 Å². The molecule has 2 heterocycles. The van der Waals surface area contributed by atoms with E-state index in [1.807, 2.05) is 19.2 Å². The van der Waals surface area contributed by atoms with Crippen LogP contribution < -0.4 is 10.9 Å². The van der Waals surface area contributed by atoms with Crippen LogP contribution in [-0.4, -0.2) is 23.3 Å². The molecule has 4 nitrogen and oxygen atoms in total. The van der Waals surface area contributed by atoms with E-state index in [1.54, 1.807) is 10.6 Å². The van der Waals surface area contributed by atoms with Crippen LogP contribution in [0.3, 0.4) is 0 Å². The van der Waals surface area contributed by atoms with Crippen LogP contribution in [0.25, 0.3) is 0 Å². The van der Waals surface area contributed by atoms with Crippen LogP contribution >= 0.6 is 0 Å². The van der Waals surface area contributed by atoms with Crippen LogP contribution in [0.4, 0.5) is 5.69 Å². The highest BCUT2D eigenvalue weighted by molar-refractivity contribution is 5.43. The van der Waals surface area contributed by atoms with E-state index in [0.29, 0.717) is 24.6 Å². The lowest BCUT2D eigenvalue weighted by Gasteiger charge is -2.60. The Balaban J connectivity index is 1.79. The summed E-state index contributed by atoms with van der Waals surface area (Å²) < 4.78 is 7.67. The largest absolute Gasteiger partial charge is 0.380 e. The van der Waals surface area contributed by atoms with Gasteiger partial charge in [0.1, 0.15) is 0 Å². The van der Waals surface area contributed by atoms with Gasteiger partial charge >= 0.3 is 0 Å². The molecule has 1 saturated carbocycles. The Hall–Kier alpha value is -1.29. The van der Waals surface area contributed by atoms with Gasteiger partial charge in [0.2, 0.25) is 0 Å². The van der Waals surface area contributed by atoms with Crippen LogP contribution in [0.2, 0.25) is 0 Å². The molecule has 4 heteroatoms.